The third-order valence-corrected chi connectivity index (χ3v) is 3.52. The molecule has 1 heterocycles. The van der Waals surface area contributed by atoms with Gasteiger partial charge in [0.25, 0.3) is 0 Å². The lowest BCUT2D eigenvalue weighted by Crippen LogP contribution is -2.42. The first-order chi connectivity index (χ1) is 4.96. The SMILES string of the molecule is CC(C)(C)C1(C)CCNCC1. The molecule has 1 rings (SSSR count). The van der Waals surface area contributed by atoms with Gasteiger partial charge in [-0.3, -0.25) is 0 Å². The Kier molecular flexibility index (Phi) is 2.29. The van der Waals surface area contributed by atoms with Crippen LogP contribution in [0.2, 0.25) is 0 Å². The topological polar surface area (TPSA) is 12.0 Å². The quantitative estimate of drug-likeness (QED) is 0.566. The molecular weight excluding hydrogens is 134 g/mol. The first-order valence-corrected chi connectivity index (χ1v) is 4.66. The summed E-state index contributed by atoms with van der Waals surface area (Å²) in [6.07, 6.45) is 2.66. The van der Waals surface area contributed by atoms with Crippen LogP contribution in [-0.2, 0) is 0 Å². The smallest absolute Gasteiger partial charge is 0.00435 e. The van der Waals surface area contributed by atoms with Gasteiger partial charge in [-0.15, -0.1) is 0 Å². The van der Waals surface area contributed by atoms with Gasteiger partial charge in [-0.05, 0) is 36.8 Å². The minimum absolute atomic E-state index is 0.467. The van der Waals surface area contributed by atoms with E-state index in [0.717, 1.165) is 0 Å². The predicted octanol–water partition coefficient (Wildman–Crippen LogP) is 2.42. The largest absolute Gasteiger partial charge is 0.317 e. The van der Waals surface area contributed by atoms with Crippen LogP contribution < -0.4 is 5.32 Å². The van der Waals surface area contributed by atoms with Gasteiger partial charge in [-0.1, -0.05) is 27.7 Å². The number of hydrogen-bond acceptors (Lipinski definition) is 1. The van der Waals surface area contributed by atoms with E-state index in [-0.39, 0.29) is 0 Å². The van der Waals surface area contributed by atoms with E-state index >= 15 is 0 Å². The van der Waals surface area contributed by atoms with Crippen LogP contribution in [0.15, 0.2) is 0 Å². The summed E-state index contributed by atoms with van der Waals surface area (Å²) in [6.45, 7) is 11.9. The lowest BCUT2D eigenvalue weighted by molar-refractivity contribution is 0.0680. The van der Waals surface area contributed by atoms with Crippen molar-refractivity contribution in [3.05, 3.63) is 0 Å². The monoisotopic (exact) mass is 155 g/mol. The van der Waals surface area contributed by atoms with E-state index in [4.69, 9.17) is 0 Å². The van der Waals surface area contributed by atoms with E-state index < -0.39 is 0 Å². The lowest BCUT2D eigenvalue weighted by atomic mass is 9.63. The number of nitrogens with one attached hydrogen (secondary N) is 1. The third kappa shape index (κ3) is 1.76. The van der Waals surface area contributed by atoms with E-state index in [1.807, 2.05) is 0 Å². The molecule has 0 aromatic rings. The Morgan fingerprint density at radius 3 is 1.82 bits per heavy atom. The summed E-state index contributed by atoms with van der Waals surface area (Å²) < 4.78 is 0. The van der Waals surface area contributed by atoms with Crippen LogP contribution >= 0.6 is 0 Å². The van der Waals surface area contributed by atoms with Crippen LogP contribution in [0.4, 0.5) is 0 Å². The first-order valence-electron chi connectivity index (χ1n) is 4.66. The van der Waals surface area contributed by atoms with Gasteiger partial charge in [0.15, 0.2) is 0 Å². The van der Waals surface area contributed by atoms with Gasteiger partial charge in [-0.25, -0.2) is 0 Å². The van der Waals surface area contributed by atoms with Crippen molar-refractivity contribution >= 4 is 0 Å². The average Bonchev–Trinajstić information content (AvgIpc) is 1.87. The highest BCUT2D eigenvalue weighted by molar-refractivity contribution is 4.89. The molecule has 1 heteroatoms. The summed E-state index contributed by atoms with van der Waals surface area (Å²) in [4.78, 5) is 0. The maximum absolute atomic E-state index is 3.41. The molecular formula is C10H21N. The molecule has 0 saturated carbocycles. The van der Waals surface area contributed by atoms with Gasteiger partial charge in [-0.2, -0.15) is 0 Å². The van der Waals surface area contributed by atoms with E-state index in [1.165, 1.54) is 25.9 Å². The van der Waals surface area contributed by atoms with Crippen molar-refractivity contribution in [2.75, 3.05) is 13.1 Å². The molecule has 0 amide bonds. The fourth-order valence-corrected chi connectivity index (χ4v) is 1.73. The number of rotatable bonds is 0. The maximum Gasteiger partial charge on any atom is -0.00435 e. The molecule has 0 aromatic heterocycles. The summed E-state index contributed by atoms with van der Waals surface area (Å²) in [5.74, 6) is 0. The molecule has 0 spiro atoms. The van der Waals surface area contributed by atoms with Crippen molar-refractivity contribution in [3.8, 4) is 0 Å². The molecule has 1 saturated heterocycles. The lowest BCUT2D eigenvalue weighted by Gasteiger charge is -2.45. The second-order valence-corrected chi connectivity index (χ2v) is 5.06. The number of piperidine rings is 1. The van der Waals surface area contributed by atoms with Gasteiger partial charge in [0.1, 0.15) is 0 Å². The molecule has 1 N–H and O–H groups in total. The van der Waals surface area contributed by atoms with Gasteiger partial charge >= 0.3 is 0 Å². The minimum Gasteiger partial charge on any atom is -0.317 e. The molecule has 1 aliphatic heterocycles. The second-order valence-electron chi connectivity index (χ2n) is 5.06. The van der Waals surface area contributed by atoms with Crippen LogP contribution in [0, 0.1) is 10.8 Å². The number of hydrogen-bond donors (Lipinski definition) is 1. The van der Waals surface area contributed by atoms with Crippen LogP contribution in [0.1, 0.15) is 40.5 Å². The molecule has 1 aliphatic rings. The summed E-state index contributed by atoms with van der Waals surface area (Å²) in [5, 5.41) is 3.41. The zero-order chi connectivity index (χ0) is 8.54. The standard InChI is InChI=1S/C10H21N/c1-9(2,3)10(4)5-7-11-8-6-10/h11H,5-8H2,1-4H3. The van der Waals surface area contributed by atoms with Crippen molar-refractivity contribution in [1.82, 2.24) is 5.32 Å². The van der Waals surface area contributed by atoms with E-state index in [0.29, 0.717) is 10.8 Å². The zero-order valence-corrected chi connectivity index (χ0v) is 8.33. The highest BCUT2D eigenvalue weighted by atomic mass is 14.9. The maximum atomic E-state index is 3.41. The highest BCUT2D eigenvalue weighted by Crippen LogP contribution is 2.44. The van der Waals surface area contributed by atoms with Gasteiger partial charge in [0.2, 0.25) is 0 Å². The summed E-state index contributed by atoms with van der Waals surface area (Å²) in [5.41, 5.74) is 1.02. The van der Waals surface area contributed by atoms with Gasteiger partial charge in [0.05, 0.1) is 0 Å². The summed E-state index contributed by atoms with van der Waals surface area (Å²) >= 11 is 0. The van der Waals surface area contributed by atoms with Crippen LogP contribution in [0.25, 0.3) is 0 Å². The molecule has 1 nitrogen and oxygen atoms in total. The zero-order valence-electron chi connectivity index (χ0n) is 8.33. The Bertz CT molecular complexity index is 126. The molecule has 66 valence electrons. The minimum atomic E-state index is 0.467. The Labute approximate surface area is 70.6 Å². The average molecular weight is 155 g/mol. The second kappa shape index (κ2) is 2.78. The highest BCUT2D eigenvalue weighted by Gasteiger charge is 2.37. The van der Waals surface area contributed by atoms with E-state index in [2.05, 4.69) is 33.0 Å². The van der Waals surface area contributed by atoms with E-state index in [1.54, 1.807) is 0 Å². The summed E-state index contributed by atoms with van der Waals surface area (Å²) in [6, 6.07) is 0. The van der Waals surface area contributed by atoms with Crippen molar-refractivity contribution in [2.45, 2.75) is 40.5 Å². The molecule has 1 fully saturated rings. The Balaban J connectivity index is 2.64. The molecule has 11 heavy (non-hydrogen) atoms. The molecule has 0 atom stereocenters. The van der Waals surface area contributed by atoms with E-state index in [9.17, 15) is 0 Å². The normalized spacial score (nSPS) is 25.1. The van der Waals surface area contributed by atoms with Crippen molar-refractivity contribution in [2.24, 2.45) is 10.8 Å². The van der Waals surface area contributed by atoms with Gasteiger partial charge in [0, 0.05) is 0 Å². The van der Waals surface area contributed by atoms with Crippen molar-refractivity contribution < 1.29 is 0 Å². The molecule has 0 bridgehead atoms. The van der Waals surface area contributed by atoms with Crippen LogP contribution in [0.3, 0.4) is 0 Å². The van der Waals surface area contributed by atoms with Crippen molar-refractivity contribution in [1.29, 1.82) is 0 Å². The molecule has 0 aliphatic carbocycles. The molecule has 0 unspecified atom stereocenters. The molecule has 0 radical (unpaired) electrons. The molecule has 0 aromatic carbocycles. The van der Waals surface area contributed by atoms with Crippen molar-refractivity contribution in [3.63, 3.8) is 0 Å². The van der Waals surface area contributed by atoms with Crippen LogP contribution in [0.5, 0.6) is 0 Å². The summed E-state index contributed by atoms with van der Waals surface area (Å²) in [7, 11) is 0. The Morgan fingerprint density at radius 2 is 1.55 bits per heavy atom. The third-order valence-electron chi connectivity index (χ3n) is 3.52. The fraction of sp³-hybridized carbons (Fsp3) is 1.00. The Hall–Kier alpha value is -0.0400. The van der Waals surface area contributed by atoms with Crippen LogP contribution in [-0.4, -0.2) is 13.1 Å². The van der Waals surface area contributed by atoms with Gasteiger partial charge < -0.3 is 5.32 Å². The first kappa shape index (κ1) is 9.05. The fourth-order valence-electron chi connectivity index (χ4n) is 1.73. The predicted molar refractivity (Wildman–Crippen MR) is 49.7 cm³/mol. The Morgan fingerprint density at radius 1 is 1.09 bits per heavy atom.